The molecule has 0 aliphatic heterocycles. The topological polar surface area (TPSA) is 55.2 Å². The Labute approximate surface area is 120 Å². The van der Waals surface area contributed by atoms with Crippen molar-refractivity contribution < 1.29 is 9.84 Å². The zero-order chi connectivity index (χ0) is 13.7. The first-order chi connectivity index (χ1) is 9.20. The molecule has 1 atom stereocenters. The number of aliphatic hydroxyl groups is 1. The maximum atomic E-state index is 10.3. The van der Waals surface area contributed by atoms with Gasteiger partial charge in [-0.1, -0.05) is 6.92 Å². The zero-order valence-corrected chi connectivity index (χ0v) is 12.2. The van der Waals surface area contributed by atoms with Gasteiger partial charge in [-0.3, -0.25) is 9.97 Å². The Bertz CT molecular complexity index is 531. The van der Waals surface area contributed by atoms with Crippen molar-refractivity contribution in [2.45, 2.75) is 19.4 Å². The normalized spacial score (nSPS) is 12.2. The lowest BCUT2D eigenvalue weighted by Crippen LogP contribution is -2.04. The molecule has 0 saturated carbocycles. The van der Waals surface area contributed by atoms with E-state index in [9.17, 15) is 5.11 Å². The highest BCUT2D eigenvalue weighted by Gasteiger charge is 2.13. The fourth-order valence-corrected chi connectivity index (χ4v) is 1.84. The molecule has 100 valence electrons. The van der Waals surface area contributed by atoms with E-state index in [4.69, 9.17) is 4.74 Å². The molecular weight excluding hydrogens is 308 g/mol. The molecule has 1 unspecified atom stereocenters. The number of hydrogen-bond donors (Lipinski definition) is 1. The standard InChI is InChI=1S/C14H15BrN2O2/c1-2-5-19-12-6-10(7-16-9-12)14(18)13-4-3-11(15)8-17-13/h3-4,6-9,14,18H,2,5H2,1H3. The van der Waals surface area contributed by atoms with Crippen LogP contribution in [0.4, 0.5) is 0 Å². The summed E-state index contributed by atoms with van der Waals surface area (Å²) in [6, 6.07) is 5.40. The lowest BCUT2D eigenvalue weighted by atomic mass is 10.1. The average molecular weight is 323 g/mol. The molecule has 0 aromatic carbocycles. The van der Waals surface area contributed by atoms with Crippen LogP contribution in [0.3, 0.4) is 0 Å². The van der Waals surface area contributed by atoms with E-state index in [-0.39, 0.29) is 0 Å². The molecule has 0 fully saturated rings. The number of ether oxygens (including phenoxy) is 1. The SMILES string of the molecule is CCCOc1cncc(C(O)c2ccc(Br)cn2)c1. The Morgan fingerprint density at radius 3 is 2.84 bits per heavy atom. The van der Waals surface area contributed by atoms with Crippen LogP contribution in [0.1, 0.15) is 30.7 Å². The molecular formula is C14H15BrN2O2. The Morgan fingerprint density at radius 1 is 1.32 bits per heavy atom. The van der Waals surface area contributed by atoms with Crippen LogP contribution in [-0.4, -0.2) is 21.7 Å². The highest BCUT2D eigenvalue weighted by Crippen LogP contribution is 2.23. The molecule has 5 heteroatoms. The Hall–Kier alpha value is -1.46. The molecule has 4 nitrogen and oxygen atoms in total. The van der Waals surface area contributed by atoms with E-state index in [1.54, 1.807) is 30.7 Å². The summed E-state index contributed by atoms with van der Waals surface area (Å²) in [5.41, 5.74) is 1.25. The van der Waals surface area contributed by atoms with Crippen molar-refractivity contribution in [2.75, 3.05) is 6.61 Å². The molecule has 2 aromatic heterocycles. The Morgan fingerprint density at radius 2 is 2.16 bits per heavy atom. The largest absolute Gasteiger partial charge is 0.492 e. The van der Waals surface area contributed by atoms with Gasteiger partial charge in [0.15, 0.2) is 0 Å². The maximum Gasteiger partial charge on any atom is 0.137 e. The molecule has 0 aliphatic carbocycles. The molecule has 0 bridgehead atoms. The van der Waals surface area contributed by atoms with Crippen LogP contribution < -0.4 is 4.74 Å². The molecule has 0 aliphatic rings. The lowest BCUT2D eigenvalue weighted by molar-refractivity contribution is 0.214. The summed E-state index contributed by atoms with van der Waals surface area (Å²) < 4.78 is 6.38. The number of rotatable bonds is 5. The first kappa shape index (κ1) is 14.0. The van der Waals surface area contributed by atoms with Crippen LogP contribution in [0.25, 0.3) is 0 Å². The predicted octanol–water partition coefficient (Wildman–Crippen LogP) is 3.11. The molecule has 2 rings (SSSR count). The summed E-state index contributed by atoms with van der Waals surface area (Å²) in [5.74, 6) is 0.663. The van der Waals surface area contributed by atoms with E-state index in [0.29, 0.717) is 23.6 Å². The van der Waals surface area contributed by atoms with Crippen LogP contribution >= 0.6 is 15.9 Å². The summed E-state index contributed by atoms with van der Waals surface area (Å²) in [5, 5.41) is 10.3. The van der Waals surface area contributed by atoms with Gasteiger partial charge < -0.3 is 9.84 Å². The number of halogens is 1. The summed E-state index contributed by atoms with van der Waals surface area (Å²) >= 11 is 3.31. The number of pyridine rings is 2. The third-order valence-electron chi connectivity index (χ3n) is 2.55. The molecule has 0 saturated heterocycles. The van der Waals surface area contributed by atoms with Crippen molar-refractivity contribution in [3.63, 3.8) is 0 Å². The second-order valence-corrected chi connectivity index (χ2v) is 5.02. The fraction of sp³-hybridized carbons (Fsp3) is 0.286. The Kier molecular flexibility index (Phi) is 4.87. The third-order valence-corrected chi connectivity index (χ3v) is 3.02. The number of aliphatic hydroxyl groups excluding tert-OH is 1. The van der Waals surface area contributed by atoms with Crippen LogP contribution in [-0.2, 0) is 0 Å². The number of aromatic nitrogens is 2. The van der Waals surface area contributed by atoms with Gasteiger partial charge in [0, 0.05) is 22.4 Å². The smallest absolute Gasteiger partial charge is 0.137 e. The second-order valence-electron chi connectivity index (χ2n) is 4.11. The minimum absolute atomic E-state index is 0.581. The minimum Gasteiger partial charge on any atom is -0.492 e. The maximum absolute atomic E-state index is 10.3. The third kappa shape index (κ3) is 3.75. The van der Waals surface area contributed by atoms with Crippen molar-refractivity contribution in [1.82, 2.24) is 9.97 Å². The van der Waals surface area contributed by atoms with Crippen molar-refractivity contribution in [3.8, 4) is 5.75 Å². The van der Waals surface area contributed by atoms with Gasteiger partial charge in [0.1, 0.15) is 11.9 Å². The van der Waals surface area contributed by atoms with Gasteiger partial charge >= 0.3 is 0 Å². The highest BCUT2D eigenvalue weighted by atomic mass is 79.9. The molecule has 0 amide bonds. The summed E-state index contributed by atoms with van der Waals surface area (Å²) in [6.45, 7) is 2.68. The van der Waals surface area contributed by atoms with Crippen molar-refractivity contribution in [2.24, 2.45) is 0 Å². The monoisotopic (exact) mass is 322 g/mol. The quantitative estimate of drug-likeness (QED) is 0.919. The van der Waals surface area contributed by atoms with Gasteiger partial charge in [0.05, 0.1) is 18.5 Å². The van der Waals surface area contributed by atoms with E-state index in [1.165, 1.54) is 0 Å². The Balaban J connectivity index is 2.18. The van der Waals surface area contributed by atoms with E-state index >= 15 is 0 Å². The zero-order valence-electron chi connectivity index (χ0n) is 10.6. The van der Waals surface area contributed by atoms with Gasteiger partial charge in [-0.25, -0.2) is 0 Å². The first-order valence-corrected chi connectivity index (χ1v) is 6.87. The summed E-state index contributed by atoms with van der Waals surface area (Å²) in [4.78, 5) is 8.26. The van der Waals surface area contributed by atoms with Gasteiger partial charge in [-0.15, -0.1) is 0 Å². The van der Waals surface area contributed by atoms with Crippen LogP contribution in [0.15, 0.2) is 41.3 Å². The summed E-state index contributed by atoms with van der Waals surface area (Å²) in [6.07, 6.45) is 5.05. The van der Waals surface area contributed by atoms with Crippen molar-refractivity contribution in [1.29, 1.82) is 0 Å². The average Bonchev–Trinajstić information content (AvgIpc) is 2.45. The first-order valence-electron chi connectivity index (χ1n) is 6.08. The van der Waals surface area contributed by atoms with E-state index in [0.717, 1.165) is 10.9 Å². The van der Waals surface area contributed by atoms with E-state index in [2.05, 4.69) is 25.9 Å². The predicted molar refractivity (Wildman–Crippen MR) is 76.0 cm³/mol. The molecule has 2 heterocycles. The van der Waals surface area contributed by atoms with Crippen molar-refractivity contribution >= 4 is 15.9 Å². The molecule has 0 spiro atoms. The van der Waals surface area contributed by atoms with E-state index < -0.39 is 6.10 Å². The number of hydrogen-bond acceptors (Lipinski definition) is 4. The van der Waals surface area contributed by atoms with Crippen molar-refractivity contribution in [3.05, 3.63) is 52.5 Å². The van der Waals surface area contributed by atoms with Crippen LogP contribution in [0, 0.1) is 0 Å². The van der Waals surface area contributed by atoms with Crippen LogP contribution in [0.2, 0.25) is 0 Å². The molecule has 0 radical (unpaired) electrons. The van der Waals surface area contributed by atoms with Gasteiger partial charge in [0.2, 0.25) is 0 Å². The van der Waals surface area contributed by atoms with Gasteiger partial charge in [0.25, 0.3) is 0 Å². The van der Waals surface area contributed by atoms with Gasteiger partial charge in [-0.2, -0.15) is 0 Å². The molecule has 2 aromatic rings. The number of nitrogens with zero attached hydrogens (tertiary/aromatic N) is 2. The fourth-order valence-electron chi connectivity index (χ4n) is 1.60. The molecule has 19 heavy (non-hydrogen) atoms. The van der Waals surface area contributed by atoms with E-state index in [1.807, 2.05) is 13.0 Å². The minimum atomic E-state index is -0.800. The summed E-state index contributed by atoms with van der Waals surface area (Å²) in [7, 11) is 0. The highest BCUT2D eigenvalue weighted by molar-refractivity contribution is 9.10. The van der Waals surface area contributed by atoms with Gasteiger partial charge in [-0.05, 0) is 40.5 Å². The second kappa shape index (κ2) is 6.63. The molecule has 1 N–H and O–H groups in total. The lowest BCUT2D eigenvalue weighted by Gasteiger charge is -2.11. The van der Waals surface area contributed by atoms with Crippen LogP contribution in [0.5, 0.6) is 5.75 Å².